The lowest BCUT2D eigenvalue weighted by molar-refractivity contribution is -0.217. The number of carbonyl (C=O) groups is 4. The molecular formula is C10H16O12. The van der Waals surface area contributed by atoms with Gasteiger partial charge in [0.05, 0.1) is 13.2 Å². The molecule has 0 radical (unpaired) electrons. The van der Waals surface area contributed by atoms with Crippen LogP contribution in [0.25, 0.3) is 0 Å². The molecule has 128 valence electrons. The number of hydrogen-bond donors (Lipinski definition) is 2. The first-order chi connectivity index (χ1) is 10.3. The Morgan fingerprint density at radius 2 is 1.00 bits per heavy atom. The lowest BCUT2D eigenvalue weighted by Gasteiger charge is -2.03. The first-order valence-electron chi connectivity index (χ1n) is 5.81. The lowest BCUT2D eigenvalue weighted by atomic mass is 10.5. The van der Waals surface area contributed by atoms with Gasteiger partial charge in [-0.05, 0) is 12.8 Å². The molecule has 0 heterocycles. The Hall–Kier alpha value is -2.92. The second kappa shape index (κ2) is 14.5. The summed E-state index contributed by atoms with van der Waals surface area (Å²) in [4.78, 5) is 54.0. The minimum absolute atomic E-state index is 0.214. The summed E-state index contributed by atoms with van der Waals surface area (Å²) in [7, 11) is 0. The van der Waals surface area contributed by atoms with Crippen LogP contribution >= 0.6 is 0 Å². The summed E-state index contributed by atoms with van der Waals surface area (Å²) in [5.41, 5.74) is 0. The highest BCUT2D eigenvalue weighted by Gasteiger charge is 2.10. The Kier molecular flexibility index (Phi) is 14.1. The van der Waals surface area contributed by atoms with Gasteiger partial charge < -0.3 is 19.7 Å². The van der Waals surface area contributed by atoms with Crippen LogP contribution in [-0.2, 0) is 29.0 Å². The number of ether oxygens (including phenoxy) is 2. The van der Waals surface area contributed by atoms with Gasteiger partial charge in [-0.2, -0.15) is 19.4 Å². The molecule has 0 saturated carbocycles. The normalized spacial score (nSPS) is 8.45. The maximum atomic E-state index is 10.6. The zero-order valence-corrected chi connectivity index (χ0v) is 11.8. The van der Waals surface area contributed by atoms with Crippen LogP contribution in [0.1, 0.15) is 26.7 Å². The van der Waals surface area contributed by atoms with Crippen molar-refractivity contribution in [3.8, 4) is 0 Å². The van der Waals surface area contributed by atoms with Crippen LogP contribution in [0.4, 0.5) is 19.2 Å². The van der Waals surface area contributed by atoms with E-state index in [1.807, 2.05) is 13.8 Å². The summed E-state index contributed by atoms with van der Waals surface area (Å²) in [6, 6.07) is 0. The molecule has 2 N–H and O–H groups in total. The van der Waals surface area contributed by atoms with Gasteiger partial charge in [-0.1, -0.05) is 13.8 Å². The summed E-state index contributed by atoms with van der Waals surface area (Å²) in [6.45, 7) is 4.08. The predicted molar refractivity (Wildman–Crippen MR) is 63.7 cm³/mol. The molecule has 0 spiro atoms. The van der Waals surface area contributed by atoms with E-state index < -0.39 is 24.6 Å². The molecule has 0 atom stereocenters. The van der Waals surface area contributed by atoms with E-state index in [-0.39, 0.29) is 13.2 Å². The molecule has 0 aliphatic carbocycles. The van der Waals surface area contributed by atoms with Crippen LogP contribution in [0.3, 0.4) is 0 Å². The van der Waals surface area contributed by atoms with Crippen LogP contribution in [-0.4, -0.2) is 48.0 Å². The minimum atomic E-state index is -1.80. The largest absolute Gasteiger partial charge is 0.549 e. The van der Waals surface area contributed by atoms with Crippen molar-refractivity contribution in [2.24, 2.45) is 0 Å². The first kappa shape index (κ1) is 21.4. The molecule has 0 saturated heterocycles. The van der Waals surface area contributed by atoms with Crippen LogP contribution in [0.5, 0.6) is 0 Å². The van der Waals surface area contributed by atoms with Crippen molar-refractivity contribution < 1.29 is 58.4 Å². The van der Waals surface area contributed by atoms with Gasteiger partial charge in [-0.15, -0.1) is 0 Å². The summed E-state index contributed by atoms with van der Waals surface area (Å²) in [6.07, 6.45) is -4.38. The fourth-order valence-electron chi connectivity index (χ4n) is 0.558. The Bertz CT molecular complexity index is 318. The molecule has 12 nitrogen and oxygen atoms in total. The summed E-state index contributed by atoms with van der Waals surface area (Å²) in [5, 5.41) is 15.1. The first-order valence-corrected chi connectivity index (χ1v) is 5.81. The Labute approximate surface area is 124 Å². The van der Waals surface area contributed by atoms with Crippen LogP contribution in [0.15, 0.2) is 0 Å². The van der Waals surface area contributed by atoms with E-state index in [0.29, 0.717) is 12.8 Å². The Morgan fingerprint density at radius 1 is 0.682 bits per heavy atom. The molecule has 0 rings (SSSR count). The standard InChI is InChI=1S/C8H14O6.C2H2O6/c1-3-5-11-7(9)13-14-8(10)12-6-4-2;3-1(4)7-8-2(5)6/h3-6H2,1-2H3;(H,3,4)(H,5,6). The second-order valence-corrected chi connectivity index (χ2v) is 3.06. The van der Waals surface area contributed by atoms with E-state index in [4.69, 9.17) is 10.2 Å². The van der Waals surface area contributed by atoms with Gasteiger partial charge in [0.25, 0.3) is 0 Å². The van der Waals surface area contributed by atoms with Gasteiger partial charge in [-0.3, -0.25) is 0 Å². The van der Waals surface area contributed by atoms with E-state index in [1.165, 1.54) is 0 Å². The van der Waals surface area contributed by atoms with Gasteiger partial charge in [0, 0.05) is 0 Å². The maximum absolute atomic E-state index is 10.6. The van der Waals surface area contributed by atoms with E-state index >= 15 is 0 Å². The lowest BCUT2D eigenvalue weighted by Crippen LogP contribution is -2.14. The second-order valence-electron chi connectivity index (χ2n) is 3.06. The highest BCUT2D eigenvalue weighted by atomic mass is 17.3. The smallest absolute Gasteiger partial charge is 0.447 e. The van der Waals surface area contributed by atoms with E-state index in [1.54, 1.807) is 0 Å². The highest BCUT2D eigenvalue weighted by Crippen LogP contribution is 1.93. The van der Waals surface area contributed by atoms with Crippen molar-refractivity contribution in [3.05, 3.63) is 0 Å². The molecule has 0 unspecified atom stereocenters. The van der Waals surface area contributed by atoms with Crippen molar-refractivity contribution >= 4 is 24.6 Å². The fraction of sp³-hybridized carbons (Fsp3) is 0.600. The molecule has 0 bridgehead atoms. The van der Waals surface area contributed by atoms with Gasteiger partial charge in [0.1, 0.15) is 0 Å². The van der Waals surface area contributed by atoms with Crippen LogP contribution < -0.4 is 0 Å². The van der Waals surface area contributed by atoms with Crippen molar-refractivity contribution in [2.75, 3.05) is 13.2 Å². The third-order valence-corrected chi connectivity index (χ3v) is 1.21. The van der Waals surface area contributed by atoms with Crippen molar-refractivity contribution in [1.82, 2.24) is 0 Å². The Morgan fingerprint density at radius 3 is 1.23 bits per heavy atom. The SMILES string of the molecule is CCCOC(=O)OOC(=O)OCCC.O=C(O)OOC(=O)O. The summed E-state index contributed by atoms with van der Waals surface area (Å²) >= 11 is 0. The van der Waals surface area contributed by atoms with Crippen molar-refractivity contribution in [1.29, 1.82) is 0 Å². The minimum Gasteiger partial charge on any atom is -0.447 e. The third kappa shape index (κ3) is 19.4. The van der Waals surface area contributed by atoms with Gasteiger partial charge in [-0.25, -0.2) is 19.4 Å². The molecule has 0 amide bonds. The zero-order valence-electron chi connectivity index (χ0n) is 11.8. The Balaban J connectivity index is 0. The summed E-state index contributed by atoms with van der Waals surface area (Å²) in [5.74, 6) is 0. The fourth-order valence-corrected chi connectivity index (χ4v) is 0.558. The molecule has 0 aromatic carbocycles. The molecule has 0 aliphatic rings. The average Bonchev–Trinajstić information content (AvgIpc) is 2.47. The van der Waals surface area contributed by atoms with Crippen molar-refractivity contribution in [3.63, 3.8) is 0 Å². The highest BCUT2D eigenvalue weighted by molar-refractivity contribution is 5.63. The number of carbonyl (C=O) groups excluding carboxylic acids is 2. The molecule has 12 heteroatoms. The van der Waals surface area contributed by atoms with Crippen LogP contribution in [0.2, 0.25) is 0 Å². The van der Waals surface area contributed by atoms with Gasteiger partial charge >= 0.3 is 24.6 Å². The molecule has 0 fully saturated rings. The zero-order chi connectivity index (χ0) is 17.4. The quantitative estimate of drug-likeness (QED) is 0.440. The average molecular weight is 328 g/mol. The van der Waals surface area contributed by atoms with Crippen LogP contribution in [0, 0.1) is 0 Å². The van der Waals surface area contributed by atoms with Crippen molar-refractivity contribution in [2.45, 2.75) is 26.7 Å². The van der Waals surface area contributed by atoms with E-state index in [9.17, 15) is 19.2 Å². The summed E-state index contributed by atoms with van der Waals surface area (Å²) < 4.78 is 8.90. The number of carboxylic acid groups (broad SMARTS) is 2. The molecule has 0 aliphatic heterocycles. The molecular weight excluding hydrogens is 312 g/mol. The third-order valence-electron chi connectivity index (χ3n) is 1.21. The monoisotopic (exact) mass is 328 g/mol. The molecule has 0 aromatic rings. The molecule has 0 aromatic heterocycles. The topological polar surface area (TPSA) is 164 Å². The van der Waals surface area contributed by atoms with E-state index in [0.717, 1.165) is 0 Å². The molecule has 22 heavy (non-hydrogen) atoms. The van der Waals surface area contributed by atoms with Gasteiger partial charge in [0.2, 0.25) is 0 Å². The number of hydrogen-bond acceptors (Lipinski definition) is 10. The van der Waals surface area contributed by atoms with E-state index in [2.05, 4.69) is 29.0 Å². The number of rotatable bonds is 4. The van der Waals surface area contributed by atoms with Gasteiger partial charge in [0.15, 0.2) is 0 Å². The maximum Gasteiger partial charge on any atom is 0.549 e. The predicted octanol–water partition coefficient (Wildman–Crippen LogP) is 2.32.